The second-order valence-corrected chi connectivity index (χ2v) is 2.42. The molecule has 2 nitrogen and oxygen atoms in total. The van der Waals surface area contributed by atoms with Gasteiger partial charge in [-0.1, -0.05) is 20.3 Å². The number of hydrogen-bond acceptors (Lipinski definition) is 2. The van der Waals surface area contributed by atoms with Crippen LogP contribution in [0.15, 0.2) is 0 Å². The maximum atomic E-state index is 10.8. The van der Waals surface area contributed by atoms with Gasteiger partial charge in [0.05, 0.1) is 6.04 Å². The third kappa shape index (κ3) is 2.20. The molecule has 0 aliphatic heterocycles. The largest absolute Gasteiger partial charge is 0.320 e. The van der Waals surface area contributed by atoms with Gasteiger partial charge < -0.3 is 5.73 Å². The molecule has 0 aromatic rings. The Kier molecular flexibility index (Phi) is 3.75. The molecule has 2 N–H and O–H groups in total. The first kappa shape index (κ1) is 9.19. The Morgan fingerprint density at radius 1 is 1.80 bits per heavy atom. The molecule has 0 spiro atoms. The van der Waals surface area contributed by atoms with Gasteiger partial charge in [-0.05, 0) is 11.8 Å². The van der Waals surface area contributed by atoms with Gasteiger partial charge in [-0.25, -0.2) is 0 Å². The molecular formula is C8H13NO. The minimum Gasteiger partial charge on any atom is -0.320 e. The van der Waals surface area contributed by atoms with Crippen LogP contribution in [0.2, 0.25) is 0 Å². The average molecular weight is 139 g/mol. The fraction of sp³-hybridized carbons (Fsp3) is 0.625. The molecule has 0 aliphatic rings. The number of carbonyl (C=O) groups is 1. The quantitative estimate of drug-likeness (QED) is 0.458. The molecule has 0 aliphatic carbocycles. The molecule has 0 saturated carbocycles. The second-order valence-electron chi connectivity index (χ2n) is 2.42. The summed E-state index contributed by atoms with van der Waals surface area (Å²) >= 11 is 0. The van der Waals surface area contributed by atoms with Crippen molar-refractivity contribution in [3.8, 4) is 12.3 Å². The van der Waals surface area contributed by atoms with Crippen molar-refractivity contribution in [3.05, 3.63) is 0 Å². The zero-order valence-electron chi connectivity index (χ0n) is 6.42. The van der Waals surface area contributed by atoms with Crippen LogP contribution in [0, 0.1) is 18.3 Å². The van der Waals surface area contributed by atoms with E-state index >= 15 is 0 Å². The van der Waals surface area contributed by atoms with Crippen LogP contribution in [0.5, 0.6) is 0 Å². The topological polar surface area (TPSA) is 43.1 Å². The molecule has 56 valence electrons. The van der Waals surface area contributed by atoms with Gasteiger partial charge in [0.1, 0.15) is 0 Å². The summed E-state index contributed by atoms with van der Waals surface area (Å²) in [5.41, 5.74) is 5.49. The summed E-state index contributed by atoms with van der Waals surface area (Å²) < 4.78 is 0. The molecule has 2 unspecified atom stereocenters. The van der Waals surface area contributed by atoms with E-state index in [9.17, 15) is 4.79 Å². The number of rotatable bonds is 3. The summed E-state index contributed by atoms with van der Waals surface area (Å²) in [4.78, 5) is 10.8. The van der Waals surface area contributed by atoms with Crippen molar-refractivity contribution < 1.29 is 4.79 Å². The van der Waals surface area contributed by atoms with Gasteiger partial charge in [-0.15, -0.1) is 6.42 Å². The Hall–Kier alpha value is -0.810. The summed E-state index contributed by atoms with van der Waals surface area (Å²) in [6.07, 6.45) is 5.77. The van der Waals surface area contributed by atoms with E-state index in [1.165, 1.54) is 0 Å². The first-order chi connectivity index (χ1) is 4.63. The van der Waals surface area contributed by atoms with Crippen LogP contribution < -0.4 is 5.73 Å². The Bertz CT molecular complexity index is 157. The number of nitrogens with two attached hydrogens (primary N) is 1. The fourth-order valence-electron chi connectivity index (χ4n) is 0.609. The summed E-state index contributed by atoms with van der Waals surface area (Å²) in [6, 6.07) is -0.477. The lowest BCUT2D eigenvalue weighted by molar-refractivity contribution is -0.115. The number of hydrogen-bond donors (Lipinski definition) is 1. The van der Waals surface area contributed by atoms with E-state index in [4.69, 9.17) is 12.2 Å². The number of carbonyl (C=O) groups excluding carboxylic acids is 1. The molecule has 0 bridgehead atoms. The molecule has 0 aromatic carbocycles. The number of ketones is 1. The van der Waals surface area contributed by atoms with E-state index in [0.29, 0.717) is 0 Å². The lowest BCUT2D eigenvalue weighted by atomic mass is 9.97. The van der Waals surface area contributed by atoms with Crippen molar-refractivity contribution in [2.75, 3.05) is 0 Å². The van der Waals surface area contributed by atoms with Crippen LogP contribution in [0.1, 0.15) is 20.3 Å². The van der Waals surface area contributed by atoms with E-state index in [1.54, 1.807) is 0 Å². The smallest absolute Gasteiger partial charge is 0.222 e. The zero-order chi connectivity index (χ0) is 8.15. The van der Waals surface area contributed by atoms with Gasteiger partial charge in [0.2, 0.25) is 5.78 Å². The zero-order valence-corrected chi connectivity index (χ0v) is 6.42. The Balaban J connectivity index is 3.97. The van der Waals surface area contributed by atoms with Crippen LogP contribution in [0.4, 0.5) is 0 Å². The maximum Gasteiger partial charge on any atom is 0.222 e. The highest BCUT2D eigenvalue weighted by Crippen LogP contribution is 2.04. The molecule has 0 saturated heterocycles. The normalized spacial score (nSPS) is 15.4. The first-order valence-corrected chi connectivity index (χ1v) is 3.39. The lowest BCUT2D eigenvalue weighted by Crippen LogP contribution is -2.35. The van der Waals surface area contributed by atoms with E-state index in [0.717, 1.165) is 6.42 Å². The van der Waals surface area contributed by atoms with Gasteiger partial charge in [-0.3, -0.25) is 4.79 Å². The number of Topliss-reactive ketones (excluding diaryl/α,β-unsaturated/α-hetero) is 1. The average Bonchev–Trinajstić information content (AvgIpc) is 2.00. The minimum atomic E-state index is -0.477. The Morgan fingerprint density at radius 3 is 2.60 bits per heavy atom. The standard InChI is InChI=1S/C8H13NO/c1-4-6(3)8(9)7(10)5-2/h2,6,8H,4,9H2,1,3H3. The van der Waals surface area contributed by atoms with Gasteiger partial charge >= 0.3 is 0 Å². The van der Waals surface area contributed by atoms with Gasteiger partial charge in [0.25, 0.3) is 0 Å². The maximum absolute atomic E-state index is 10.8. The lowest BCUT2D eigenvalue weighted by Gasteiger charge is -2.12. The van der Waals surface area contributed by atoms with E-state index < -0.39 is 6.04 Å². The third-order valence-electron chi connectivity index (χ3n) is 1.70. The summed E-state index contributed by atoms with van der Waals surface area (Å²) in [5, 5.41) is 0. The highest BCUT2D eigenvalue weighted by atomic mass is 16.1. The fourth-order valence-corrected chi connectivity index (χ4v) is 0.609. The van der Waals surface area contributed by atoms with Crippen LogP contribution >= 0.6 is 0 Å². The molecule has 0 amide bonds. The summed E-state index contributed by atoms with van der Waals surface area (Å²) in [6.45, 7) is 3.90. The highest BCUT2D eigenvalue weighted by molar-refractivity contribution is 5.99. The van der Waals surface area contributed by atoms with Crippen molar-refractivity contribution >= 4 is 5.78 Å². The molecule has 0 rings (SSSR count). The predicted octanol–water partition coefficient (Wildman–Crippen LogP) is 0.562. The molecule has 0 fully saturated rings. The van der Waals surface area contributed by atoms with Crippen molar-refractivity contribution in [1.82, 2.24) is 0 Å². The van der Waals surface area contributed by atoms with Crippen molar-refractivity contribution in [1.29, 1.82) is 0 Å². The third-order valence-corrected chi connectivity index (χ3v) is 1.70. The van der Waals surface area contributed by atoms with Gasteiger partial charge in [0, 0.05) is 0 Å². The SMILES string of the molecule is C#CC(=O)C(N)C(C)CC. The molecule has 2 atom stereocenters. The molecule has 0 radical (unpaired) electrons. The monoisotopic (exact) mass is 139 g/mol. The Morgan fingerprint density at radius 2 is 2.30 bits per heavy atom. The van der Waals surface area contributed by atoms with Crippen molar-refractivity contribution in [3.63, 3.8) is 0 Å². The van der Waals surface area contributed by atoms with E-state index in [2.05, 4.69) is 0 Å². The van der Waals surface area contributed by atoms with Crippen molar-refractivity contribution in [2.45, 2.75) is 26.3 Å². The van der Waals surface area contributed by atoms with Crippen LogP contribution in [-0.4, -0.2) is 11.8 Å². The molecule has 0 aromatic heterocycles. The molecule has 10 heavy (non-hydrogen) atoms. The number of terminal acetylenes is 1. The predicted molar refractivity (Wildman–Crippen MR) is 41.3 cm³/mol. The van der Waals surface area contributed by atoms with E-state index in [1.807, 2.05) is 19.8 Å². The molecule has 2 heteroatoms. The minimum absolute atomic E-state index is 0.184. The van der Waals surface area contributed by atoms with Gasteiger partial charge in [-0.2, -0.15) is 0 Å². The van der Waals surface area contributed by atoms with Gasteiger partial charge in [0.15, 0.2) is 0 Å². The summed E-state index contributed by atoms with van der Waals surface area (Å²) in [7, 11) is 0. The van der Waals surface area contributed by atoms with E-state index in [-0.39, 0.29) is 11.7 Å². The Labute approximate surface area is 61.8 Å². The van der Waals surface area contributed by atoms with Crippen LogP contribution in [-0.2, 0) is 4.79 Å². The first-order valence-electron chi connectivity index (χ1n) is 3.39. The molecular weight excluding hydrogens is 126 g/mol. The van der Waals surface area contributed by atoms with Crippen LogP contribution in [0.25, 0.3) is 0 Å². The highest BCUT2D eigenvalue weighted by Gasteiger charge is 2.16. The summed E-state index contributed by atoms with van der Waals surface area (Å²) in [5.74, 6) is 1.90. The van der Waals surface area contributed by atoms with Crippen molar-refractivity contribution in [2.24, 2.45) is 11.7 Å². The van der Waals surface area contributed by atoms with Crippen LogP contribution in [0.3, 0.4) is 0 Å². The molecule has 0 heterocycles. The second kappa shape index (κ2) is 4.08.